The number of carboxylic acids is 2. The molecule has 0 aromatic rings. The van der Waals surface area contributed by atoms with Crippen molar-refractivity contribution >= 4 is 41.3 Å². The van der Waals surface area contributed by atoms with Crippen LogP contribution in [0.3, 0.4) is 0 Å². The van der Waals surface area contributed by atoms with Crippen LogP contribution in [0.5, 0.6) is 0 Å². The van der Waals surface area contributed by atoms with Crippen LogP contribution in [0.1, 0.15) is 2.85 Å². The number of aliphatic hydroxyl groups is 9. The molecular formula is C12H24MgO14. The van der Waals surface area contributed by atoms with Crippen molar-refractivity contribution in [2.45, 2.75) is 48.8 Å². The summed E-state index contributed by atoms with van der Waals surface area (Å²) >= 11 is 0. The third-order valence-electron chi connectivity index (χ3n) is 2.92. The van der Waals surface area contributed by atoms with E-state index in [9.17, 15) is 14.4 Å². The third kappa shape index (κ3) is 10.8. The molecule has 0 aromatic heterocycles. The van der Waals surface area contributed by atoms with Crippen molar-refractivity contribution in [1.29, 1.82) is 0 Å². The van der Waals surface area contributed by atoms with Gasteiger partial charge in [0.2, 0.25) is 0 Å². The molecule has 0 saturated carbocycles. The molecule has 15 heteroatoms. The standard InChI is InChI=1S/C6H10O8.C6H12O6.Mg.2H/c7-1(3(9)5(11)12)2(8)4(10)6(13)14;7-1-3(9)5(11)6(12)4(10)2-8;;;/h1-4,7-10H,(H,11,12)(H,13,14);1,3-6,8-12H,2H2;;;/q;;+2;2*-1. The van der Waals surface area contributed by atoms with Gasteiger partial charge in [0.25, 0.3) is 0 Å². The zero-order valence-corrected chi connectivity index (χ0v) is 15.2. The van der Waals surface area contributed by atoms with Gasteiger partial charge in [-0.05, 0) is 0 Å². The predicted octanol–water partition coefficient (Wildman–Crippen LogP) is -6.94. The number of aliphatic carboxylic acids is 2. The molecule has 8 unspecified atom stereocenters. The number of aldehydes is 1. The fourth-order valence-electron chi connectivity index (χ4n) is 1.28. The minimum absolute atomic E-state index is 0. The van der Waals surface area contributed by atoms with Crippen molar-refractivity contribution in [3.63, 3.8) is 0 Å². The van der Waals surface area contributed by atoms with E-state index in [0.717, 1.165) is 0 Å². The summed E-state index contributed by atoms with van der Waals surface area (Å²) in [5.41, 5.74) is 0. The largest absolute Gasteiger partial charge is 2.00 e. The number of carbonyl (C=O) groups is 3. The smallest absolute Gasteiger partial charge is 1.00 e. The first-order valence-electron chi connectivity index (χ1n) is 6.79. The fourth-order valence-corrected chi connectivity index (χ4v) is 1.28. The summed E-state index contributed by atoms with van der Waals surface area (Å²) in [4.78, 5) is 30.1. The average Bonchev–Trinajstić information content (AvgIpc) is 2.62. The van der Waals surface area contributed by atoms with E-state index in [1.807, 2.05) is 0 Å². The van der Waals surface area contributed by atoms with Crippen molar-refractivity contribution in [1.82, 2.24) is 0 Å². The van der Waals surface area contributed by atoms with Crippen molar-refractivity contribution < 1.29 is 73.4 Å². The number of aliphatic hydroxyl groups excluding tert-OH is 9. The Kier molecular flexibility index (Phi) is 17.1. The summed E-state index contributed by atoms with van der Waals surface area (Å²) in [6, 6.07) is 0. The van der Waals surface area contributed by atoms with E-state index >= 15 is 0 Å². The van der Waals surface area contributed by atoms with Gasteiger partial charge in [0, 0.05) is 0 Å². The summed E-state index contributed by atoms with van der Waals surface area (Å²) < 4.78 is 0. The molecule has 14 nitrogen and oxygen atoms in total. The van der Waals surface area contributed by atoms with Crippen LogP contribution >= 0.6 is 0 Å². The molecule has 0 bridgehead atoms. The van der Waals surface area contributed by atoms with Gasteiger partial charge < -0.3 is 63.8 Å². The van der Waals surface area contributed by atoms with E-state index in [4.69, 9.17) is 56.2 Å². The summed E-state index contributed by atoms with van der Waals surface area (Å²) in [6.07, 6.45) is -16.1. The second-order valence-corrected chi connectivity index (χ2v) is 4.91. The summed E-state index contributed by atoms with van der Waals surface area (Å²) in [6.45, 7) is -0.760. The molecule has 0 aromatic carbocycles. The molecule has 8 atom stereocenters. The van der Waals surface area contributed by atoms with Gasteiger partial charge in [-0.3, -0.25) is 0 Å². The van der Waals surface area contributed by atoms with Crippen LogP contribution in [0.15, 0.2) is 0 Å². The molecule has 0 amide bonds. The van der Waals surface area contributed by atoms with Crippen LogP contribution in [0, 0.1) is 0 Å². The number of rotatable bonds is 10. The number of hydrogen-bond donors (Lipinski definition) is 11. The summed E-state index contributed by atoms with van der Waals surface area (Å²) in [5, 5.41) is 95.0. The minimum Gasteiger partial charge on any atom is -1.00 e. The Morgan fingerprint density at radius 3 is 1.30 bits per heavy atom. The SMILES string of the molecule is O=C(O)C(O)C(O)C(O)C(O)C(=O)O.O=CC(O)C(O)C(O)C(O)CO.[H-].[H-].[Mg+2]. The number of carbonyl (C=O) groups excluding carboxylic acids is 1. The van der Waals surface area contributed by atoms with Crippen LogP contribution < -0.4 is 0 Å². The van der Waals surface area contributed by atoms with Crippen molar-refractivity contribution in [2.24, 2.45) is 0 Å². The molecule has 158 valence electrons. The van der Waals surface area contributed by atoms with Gasteiger partial charge in [0.05, 0.1) is 6.61 Å². The Labute approximate surface area is 170 Å². The van der Waals surface area contributed by atoms with Crippen molar-refractivity contribution in [3.8, 4) is 0 Å². The van der Waals surface area contributed by atoms with Crippen molar-refractivity contribution in [2.75, 3.05) is 6.61 Å². The molecule has 0 rings (SSSR count). The molecule has 0 aliphatic carbocycles. The van der Waals surface area contributed by atoms with Crippen LogP contribution in [-0.4, -0.2) is 153 Å². The molecule has 0 aliphatic rings. The van der Waals surface area contributed by atoms with E-state index in [-0.39, 0.29) is 32.2 Å². The van der Waals surface area contributed by atoms with E-state index in [0.29, 0.717) is 0 Å². The Morgan fingerprint density at radius 1 is 0.741 bits per heavy atom. The maximum Gasteiger partial charge on any atom is 2.00 e. The Bertz CT molecular complexity index is 434. The van der Waals surface area contributed by atoms with Crippen LogP contribution in [0.4, 0.5) is 0 Å². The second-order valence-electron chi connectivity index (χ2n) is 4.91. The third-order valence-corrected chi connectivity index (χ3v) is 2.92. The zero-order chi connectivity index (χ0) is 21.2. The second kappa shape index (κ2) is 15.0. The molecule has 0 fully saturated rings. The predicted molar refractivity (Wildman–Crippen MR) is 84.5 cm³/mol. The monoisotopic (exact) mass is 416 g/mol. The van der Waals surface area contributed by atoms with Gasteiger partial charge in [0.15, 0.2) is 18.5 Å². The fraction of sp³-hybridized carbons (Fsp3) is 0.750. The molecule has 27 heavy (non-hydrogen) atoms. The van der Waals surface area contributed by atoms with Crippen LogP contribution in [0.2, 0.25) is 0 Å². The normalized spacial score (nSPS) is 19.4. The Balaban J connectivity index is -0.000000121. The van der Waals surface area contributed by atoms with Gasteiger partial charge in [0.1, 0.15) is 36.6 Å². The van der Waals surface area contributed by atoms with Crippen LogP contribution in [0.25, 0.3) is 0 Å². The zero-order valence-electron chi connectivity index (χ0n) is 15.8. The molecule has 0 spiro atoms. The maximum atomic E-state index is 10.1. The number of hydrogen-bond acceptors (Lipinski definition) is 12. The van der Waals surface area contributed by atoms with E-state index in [1.54, 1.807) is 0 Å². The Hall–Kier alpha value is -0.984. The van der Waals surface area contributed by atoms with Crippen LogP contribution in [-0.2, 0) is 14.4 Å². The van der Waals surface area contributed by atoms with Gasteiger partial charge in [-0.25, -0.2) is 9.59 Å². The first-order chi connectivity index (χ1) is 11.8. The quantitative estimate of drug-likeness (QED) is 0.117. The molecule has 0 radical (unpaired) electrons. The molecule has 0 saturated heterocycles. The molecular weight excluding hydrogens is 392 g/mol. The molecule has 0 heterocycles. The van der Waals surface area contributed by atoms with Gasteiger partial charge in [-0.15, -0.1) is 0 Å². The summed E-state index contributed by atoms with van der Waals surface area (Å²) in [7, 11) is 0. The summed E-state index contributed by atoms with van der Waals surface area (Å²) in [5.74, 6) is -3.68. The Morgan fingerprint density at radius 2 is 1.07 bits per heavy atom. The minimum atomic E-state index is -2.36. The maximum absolute atomic E-state index is 10.1. The topological polar surface area (TPSA) is 274 Å². The molecule has 0 aliphatic heterocycles. The van der Waals surface area contributed by atoms with Crippen molar-refractivity contribution in [3.05, 3.63) is 0 Å². The molecule has 11 N–H and O–H groups in total. The van der Waals surface area contributed by atoms with Gasteiger partial charge in [-0.2, -0.15) is 0 Å². The number of carboxylic acid groups (broad SMARTS) is 2. The average molecular weight is 417 g/mol. The van der Waals surface area contributed by atoms with E-state index < -0.39 is 67.4 Å². The van der Waals surface area contributed by atoms with E-state index in [1.165, 1.54) is 0 Å². The van der Waals surface area contributed by atoms with Gasteiger partial charge in [-0.1, -0.05) is 0 Å². The van der Waals surface area contributed by atoms with Gasteiger partial charge >= 0.3 is 35.0 Å². The van der Waals surface area contributed by atoms with E-state index in [2.05, 4.69) is 0 Å². The first-order valence-corrected chi connectivity index (χ1v) is 6.79. The first kappa shape index (κ1) is 30.7.